The van der Waals surface area contributed by atoms with Crippen LogP contribution in [0.15, 0.2) is 18.2 Å². The second kappa shape index (κ2) is 2.80. The van der Waals surface area contributed by atoms with Crippen LogP contribution >= 0.6 is 11.5 Å². The van der Waals surface area contributed by atoms with Crippen LogP contribution in [-0.2, 0) is 6.54 Å². The maximum absolute atomic E-state index is 12.7. The Morgan fingerprint density at radius 1 is 1.50 bits per heavy atom. The number of fused-ring (bicyclic) bond motifs is 1. The molecule has 0 fully saturated rings. The molecule has 2 aromatic rings. The van der Waals surface area contributed by atoms with Crippen LogP contribution < -0.4 is 5.73 Å². The molecule has 0 atom stereocenters. The van der Waals surface area contributed by atoms with Gasteiger partial charge in [0.05, 0.1) is 10.4 Å². The third kappa shape index (κ3) is 1.09. The third-order valence-corrected chi connectivity index (χ3v) is 2.55. The van der Waals surface area contributed by atoms with Gasteiger partial charge in [0.25, 0.3) is 0 Å². The predicted octanol–water partition coefficient (Wildman–Crippen LogP) is 1.89. The van der Waals surface area contributed by atoms with Crippen LogP contribution in [0.3, 0.4) is 0 Å². The van der Waals surface area contributed by atoms with Gasteiger partial charge in [-0.25, -0.2) is 4.39 Å². The predicted molar refractivity (Wildman–Crippen MR) is 47.5 cm³/mol. The maximum Gasteiger partial charge on any atom is 0.124 e. The Balaban J connectivity index is 2.73. The zero-order chi connectivity index (χ0) is 8.55. The average molecular weight is 182 g/mol. The molecule has 0 bridgehead atoms. The van der Waals surface area contributed by atoms with Gasteiger partial charge in [0.1, 0.15) is 5.82 Å². The second-order valence-electron chi connectivity index (χ2n) is 2.47. The van der Waals surface area contributed by atoms with Gasteiger partial charge in [-0.3, -0.25) is 0 Å². The second-order valence-corrected chi connectivity index (χ2v) is 3.28. The Labute approximate surface area is 73.0 Å². The molecule has 2 N–H and O–H groups in total. The lowest BCUT2D eigenvalue weighted by atomic mass is 10.2. The van der Waals surface area contributed by atoms with Gasteiger partial charge in [-0.15, -0.1) is 0 Å². The fourth-order valence-electron chi connectivity index (χ4n) is 1.11. The zero-order valence-electron chi connectivity index (χ0n) is 6.25. The molecular weight excluding hydrogens is 175 g/mol. The first-order valence-electron chi connectivity index (χ1n) is 3.55. The molecule has 62 valence electrons. The molecule has 0 radical (unpaired) electrons. The Morgan fingerprint density at radius 2 is 2.33 bits per heavy atom. The quantitative estimate of drug-likeness (QED) is 0.731. The van der Waals surface area contributed by atoms with Crippen LogP contribution in [0.2, 0.25) is 0 Å². The first-order chi connectivity index (χ1) is 5.81. The highest BCUT2D eigenvalue weighted by Gasteiger charge is 2.04. The van der Waals surface area contributed by atoms with Crippen molar-refractivity contribution in [3.05, 3.63) is 29.7 Å². The number of rotatable bonds is 1. The molecule has 1 heterocycles. The van der Waals surface area contributed by atoms with Crippen LogP contribution in [0.1, 0.15) is 5.69 Å². The van der Waals surface area contributed by atoms with Crippen molar-refractivity contribution in [3.63, 3.8) is 0 Å². The van der Waals surface area contributed by atoms with E-state index in [4.69, 9.17) is 5.73 Å². The third-order valence-electron chi connectivity index (χ3n) is 1.70. The highest BCUT2D eigenvalue weighted by atomic mass is 32.1. The first-order valence-corrected chi connectivity index (χ1v) is 4.32. The van der Waals surface area contributed by atoms with Crippen molar-refractivity contribution < 1.29 is 4.39 Å². The lowest BCUT2D eigenvalue weighted by molar-refractivity contribution is 0.630. The lowest BCUT2D eigenvalue weighted by Gasteiger charge is -1.90. The number of benzene rings is 1. The molecule has 4 heteroatoms. The van der Waals surface area contributed by atoms with Crippen molar-refractivity contribution in [2.24, 2.45) is 5.73 Å². The van der Waals surface area contributed by atoms with Crippen LogP contribution in [-0.4, -0.2) is 4.37 Å². The number of halogens is 1. The lowest BCUT2D eigenvalue weighted by Crippen LogP contribution is -1.95. The zero-order valence-corrected chi connectivity index (χ0v) is 7.07. The molecule has 0 aliphatic rings. The molecule has 0 aliphatic heterocycles. The van der Waals surface area contributed by atoms with Crippen LogP contribution in [0, 0.1) is 5.82 Å². The molecule has 0 aliphatic carbocycles. The van der Waals surface area contributed by atoms with Crippen molar-refractivity contribution in [3.8, 4) is 0 Å². The normalized spacial score (nSPS) is 10.8. The highest BCUT2D eigenvalue weighted by Crippen LogP contribution is 2.22. The average Bonchev–Trinajstić information content (AvgIpc) is 2.46. The van der Waals surface area contributed by atoms with E-state index in [1.165, 1.54) is 23.7 Å². The van der Waals surface area contributed by atoms with Crippen molar-refractivity contribution in [1.29, 1.82) is 0 Å². The Morgan fingerprint density at radius 3 is 3.08 bits per heavy atom. The largest absolute Gasteiger partial charge is 0.325 e. The van der Waals surface area contributed by atoms with Gasteiger partial charge in [-0.1, -0.05) is 0 Å². The molecule has 2 rings (SSSR count). The molecule has 2 nitrogen and oxygen atoms in total. The minimum Gasteiger partial charge on any atom is -0.325 e. The highest BCUT2D eigenvalue weighted by molar-refractivity contribution is 7.13. The Kier molecular flexibility index (Phi) is 1.78. The standard InChI is InChI=1S/C8H7FN2S/c9-5-1-2-6-7(4-10)11-12-8(6)3-5/h1-3H,4,10H2. The van der Waals surface area contributed by atoms with E-state index in [1.807, 2.05) is 0 Å². The molecule has 0 unspecified atom stereocenters. The molecule has 1 aromatic heterocycles. The summed E-state index contributed by atoms with van der Waals surface area (Å²) < 4.78 is 17.7. The molecule has 0 saturated heterocycles. The van der Waals surface area contributed by atoms with Crippen LogP contribution in [0.25, 0.3) is 10.1 Å². The van der Waals surface area contributed by atoms with E-state index in [-0.39, 0.29) is 5.82 Å². The Hall–Kier alpha value is -1.00. The number of aromatic nitrogens is 1. The minimum absolute atomic E-state index is 0.227. The summed E-state index contributed by atoms with van der Waals surface area (Å²) in [5, 5.41) is 0.962. The summed E-state index contributed by atoms with van der Waals surface area (Å²) in [4.78, 5) is 0. The van der Waals surface area contributed by atoms with Gasteiger partial charge in [-0.2, -0.15) is 4.37 Å². The maximum atomic E-state index is 12.7. The van der Waals surface area contributed by atoms with Gasteiger partial charge < -0.3 is 5.73 Å². The van der Waals surface area contributed by atoms with E-state index in [1.54, 1.807) is 6.07 Å². The fraction of sp³-hybridized carbons (Fsp3) is 0.125. The number of nitrogens with two attached hydrogens (primary N) is 1. The topological polar surface area (TPSA) is 38.9 Å². The van der Waals surface area contributed by atoms with E-state index in [9.17, 15) is 4.39 Å². The molecule has 1 aromatic carbocycles. The smallest absolute Gasteiger partial charge is 0.124 e. The van der Waals surface area contributed by atoms with Gasteiger partial charge in [-0.05, 0) is 29.7 Å². The SMILES string of the molecule is NCc1nsc2cc(F)ccc12. The van der Waals surface area contributed by atoms with Crippen molar-refractivity contribution in [2.45, 2.75) is 6.54 Å². The summed E-state index contributed by atoms with van der Waals surface area (Å²) in [5.74, 6) is -0.227. The summed E-state index contributed by atoms with van der Waals surface area (Å²) in [5.41, 5.74) is 6.29. The molecular formula is C8H7FN2S. The monoisotopic (exact) mass is 182 g/mol. The summed E-state index contributed by atoms with van der Waals surface area (Å²) in [7, 11) is 0. The van der Waals surface area contributed by atoms with E-state index in [2.05, 4.69) is 4.37 Å². The summed E-state index contributed by atoms with van der Waals surface area (Å²) in [6, 6.07) is 4.62. The summed E-state index contributed by atoms with van der Waals surface area (Å²) >= 11 is 1.28. The summed E-state index contributed by atoms with van der Waals surface area (Å²) in [6.07, 6.45) is 0. The Bertz CT molecular complexity index is 410. The summed E-state index contributed by atoms with van der Waals surface area (Å²) in [6.45, 7) is 0.408. The van der Waals surface area contributed by atoms with Crippen molar-refractivity contribution >= 4 is 21.6 Å². The van der Waals surface area contributed by atoms with E-state index < -0.39 is 0 Å². The van der Waals surface area contributed by atoms with Crippen molar-refractivity contribution in [1.82, 2.24) is 4.37 Å². The first kappa shape index (κ1) is 7.64. The molecule has 0 spiro atoms. The van der Waals surface area contributed by atoms with Gasteiger partial charge in [0, 0.05) is 11.9 Å². The molecule has 0 saturated carbocycles. The number of nitrogens with zero attached hydrogens (tertiary/aromatic N) is 1. The minimum atomic E-state index is -0.227. The van der Waals surface area contributed by atoms with Gasteiger partial charge in [0.2, 0.25) is 0 Å². The number of hydrogen-bond acceptors (Lipinski definition) is 3. The van der Waals surface area contributed by atoms with E-state index in [0.717, 1.165) is 15.8 Å². The van der Waals surface area contributed by atoms with Gasteiger partial charge in [0.15, 0.2) is 0 Å². The van der Waals surface area contributed by atoms with Crippen molar-refractivity contribution in [2.75, 3.05) is 0 Å². The molecule has 0 amide bonds. The van der Waals surface area contributed by atoms with Crippen LogP contribution in [0.5, 0.6) is 0 Å². The van der Waals surface area contributed by atoms with E-state index >= 15 is 0 Å². The van der Waals surface area contributed by atoms with Gasteiger partial charge >= 0.3 is 0 Å². The van der Waals surface area contributed by atoms with Crippen LogP contribution in [0.4, 0.5) is 4.39 Å². The fourth-order valence-corrected chi connectivity index (χ4v) is 1.94. The number of hydrogen-bond donors (Lipinski definition) is 1. The molecule has 12 heavy (non-hydrogen) atoms. The van der Waals surface area contributed by atoms with E-state index in [0.29, 0.717) is 6.54 Å².